The number of amides is 1. The molecule has 0 aromatic heterocycles. The fourth-order valence-electron chi connectivity index (χ4n) is 2.53. The Morgan fingerprint density at radius 2 is 2.09 bits per heavy atom. The molecule has 0 radical (unpaired) electrons. The molecular weight excluding hydrogens is 318 g/mol. The maximum Gasteiger partial charge on any atom is 0.408 e. The maximum atomic E-state index is 12.0. The predicted molar refractivity (Wildman–Crippen MR) is 87.6 cm³/mol. The smallest absolute Gasteiger partial charge is 0.408 e. The number of benzene rings is 1. The van der Waals surface area contributed by atoms with Crippen LogP contribution in [0.4, 0.5) is 4.79 Å². The Labute approximate surface area is 141 Å². The summed E-state index contributed by atoms with van der Waals surface area (Å²) in [7, 11) is 0. The lowest BCUT2D eigenvalue weighted by Crippen LogP contribution is -2.43. The lowest BCUT2D eigenvalue weighted by Gasteiger charge is -2.20. The Morgan fingerprint density at radius 1 is 1.39 bits per heavy atom. The minimum Gasteiger partial charge on any atom is -0.480 e. The summed E-state index contributed by atoms with van der Waals surface area (Å²) in [5.41, 5.74) is 0.468. The average molecular weight is 340 g/mol. The van der Waals surface area contributed by atoms with E-state index in [4.69, 9.17) is 21.4 Å². The van der Waals surface area contributed by atoms with Crippen LogP contribution in [0.5, 0.6) is 0 Å². The average Bonchev–Trinajstić information content (AvgIpc) is 3.16. The first-order chi connectivity index (χ1) is 10.8. The molecule has 1 unspecified atom stereocenters. The van der Waals surface area contributed by atoms with Gasteiger partial charge in [-0.25, -0.2) is 9.59 Å². The third kappa shape index (κ3) is 5.43. The third-order valence-electron chi connectivity index (χ3n) is 3.83. The molecule has 0 heterocycles. The highest BCUT2D eigenvalue weighted by Gasteiger charge is 2.47. The third-order valence-corrected chi connectivity index (χ3v) is 4.06. The van der Waals surface area contributed by atoms with E-state index in [-0.39, 0.29) is 5.92 Å². The first-order valence-corrected chi connectivity index (χ1v) is 8.14. The van der Waals surface area contributed by atoms with Gasteiger partial charge in [0.05, 0.1) is 0 Å². The van der Waals surface area contributed by atoms with Gasteiger partial charge in [-0.15, -0.1) is 0 Å². The van der Waals surface area contributed by atoms with Crippen molar-refractivity contribution in [3.63, 3.8) is 0 Å². The molecule has 1 aliphatic rings. The number of carboxylic acid groups (broad SMARTS) is 1. The number of nitrogens with one attached hydrogen (secondary N) is 1. The summed E-state index contributed by atoms with van der Waals surface area (Å²) < 4.78 is 5.50. The van der Waals surface area contributed by atoms with Gasteiger partial charge < -0.3 is 15.2 Å². The second kappa shape index (κ2) is 7.21. The van der Waals surface area contributed by atoms with Crippen LogP contribution in [0.3, 0.4) is 0 Å². The molecule has 6 heteroatoms. The van der Waals surface area contributed by atoms with Gasteiger partial charge in [-0.2, -0.15) is 0 Å². The zero-order chi connectivity index (χ0) is 17.0. The van der Waals surface area contributed by atoms with E-state index in [1.807, 2.05) is 32.0 Å². The summed E-state index contributed by atoms with van der Waals surface area (Å²) in [6, 6.07) is 6.51. The number of hydrogen-bond acceptors (Lipinski definition) is 3. The number of hydrogen-bond donors (Lipinski definition) is 2. The fraction of sp³-hybridized carbons (Fsp3) is 0.529. The van der Waals surface area contributed by atoms with Crippen LogP contribution in [0.2, 0.25) is 5.02 Å². The molecule has 0 spiro atoms. The second-order valence-electron chi connectivity index (χ2n) is 6.54. The van der Waals surface area contributed by atoms with E-state index in [1.165, 1.54) is 0 Å². The molecule has 1 saturated carbocycles. The molecule has 5 nitrogen and oxygen atoms in total. The topological polar surface area (TPSA) is 75.6 Å². The Bertz CT molecular complexity index is 584. The minimum absolute atomic E-state index is 0.165. The van der Waals surface area contributed by atoms with E-state index in [0.29, 0.717) is 17.9 Å². The molecule has 1 atom stereocenters. The van der Waals surface area contributed by atoms with Crippen molar-refractivity contribution in [1.29, 1.82) is 0 Å². The van der Waals surface area contributed by atoms with Crippen molar-refractivity contribution in [2.24, 2.45) is 5.92 Å². The van der Waals surface area contributed by atoms with Crippen molar-refractivity contribution in [2.75, 3.05) is 0 Å². The molecule has 1 amide bonds. The molecule has 1 fully saturated rings. The molecule has 2 N–H and O–H groups in total. The number of aliphatic carboxylic acids is 1. The molecule has 1 aromatic carbocycles. The van der Waals surface area contributed by atoms with E-state index in [2.05, 4.69) is 5.32 Å². The van der Waals surface area contributed by atoms with Crippen LogP contribution in [-0.4, -0.2) is 28.8 Å². The van der Waals surface area contributed by atoms with Gasteiger partial charge >= 0.3 is 12.1 Å². The van der Waals surface area contributed by atoms with Crippen LogP contribution in [0.1, 0.15) is 38.7 Å². The molecule has 1 aliphatic carbocycles. The Hall–Kier alpha value is -1.75. The zero-order valence-corrected chi connectivity index (χ0v) is 14.1. The minimum atomic E-state index is -1.05. The zero-order valence-electron chi connectivity index (χ0n) is 13.3. The van der Waals surface area contributed by atoms with Crippen LogP contribution in [-0.2, 0) is 16.0 Å². The predicted octanol–water partition coefficient (Wildman–Crippen LogP) is 3.64. The summed E-state index contributed by atoms with van der Waals surface area (Å²) >= 11 is 5.97. The number of carbonyl (C=O) groups excluding carboxylic acids is 1. The first-order valence-electron chi connectivity index (χ1n) is 7.76. The van der Waals surface area contributed by atoms with Crippen molar-refractivity contribution in [3.05, 3.63) is 34.9 Å². The monoisotopic (exact) mass is 339 g/mol. The van der Waals surface area contributed by atoms with Crippen molar-refractivity contribution in [2.45, 2.75) is 51.2 Å². The van der Waals surface area contributed by atoms with Crippen molar-refractivity contribution in [1.82, 2.24) is 5.32 Å². The van der Waals surface area contributed by atoms with E-state index in [9.17, 15) is 9.59 Å². The van der Waals surface area contributed by atoms with E-state index >= 15 is 0 Å². The standard InChI is InChI=1S/C17H22ClNO4/c1-11(2)8-14(15(20)21)19-16(22)23-17(6-7-17)10-12-4-3-5-13(18)9-12/h3-5,9,11,14H,6-8,10H2,1-2H3,(H,19,22)(H,20,21). The van der Waals surface area contributed by atoms with Crippen molar-refractivity contribution < 1.29 is 19.4 Å². The fourth-order valence-corrected chi connectivity index (χ4v) is 2.75. The molecule has 0 saturated heterocycles. The van der Waals surface area contributed by atoms with Gasteiger partial charge in [-0.1, -0.05) is 37.6 Å². The van der Waals surface area contributed by atoms with Gasteiger partial charge in [0.25, 0.3) is 0 Å². The van der Waals surface area contributed by atoms with Crippen LogP contribution < -0.4 is 5.32 Å². The molecule has 126 valence electrons. The highest BCUT2D eigenvalue weighted by atomic mass is 35.5. The highest BCUT2D eigenvalue weighted by Crippen LogP contribution is 2.42. The van der Waals surface area contributed by atoms with E-state index < -0.39 is 23.7 Å². The molecule has 1 aromatic rings. The van der Waals surface area contributed by atoms with Crippen LogP contribution in [0.15, 0.2) is 24.3 Å². The number of carbonyl (C=O) groups is 2. The normalized spacial score (nSPS) is 16.7. The summed E-state index contributed by atoms with van der Waals surface area (Å²) in [4.78, 5) is 23.2. The first kappa shape index (κ1) is 17.6. The van der Waals surface area contributed by atoms with Gasteiger partial charge in [-0.05, 0) is 42.9 Å². The van der Waals surface area contributed by atoms with Crippen molar-refractivity contribution >= 4 is 23.7 Å². The van der Waals surface area contributed by atoms with Crippen LogP contribution >= 0.6 is 11.6 Å². The summed E-state index contributed by atoms with van der Waals surface area (Å²) in [5, 5.41) is 12.3. The molecule has 2 rings (SSSR count). The molecule has 0 aliphatic heterocycles. The second-order valence-corrected chi connectivity index (χ2v) is 6.98. The largest absolute Gasteiger partial charge is 0.480 e. The van der Waals surface area contributed by atoms with Gasteiger partial charge in [0.15, 0.2) is 0 Å². The molecular formula is C17H22ClNO4. The summed E-state index contributed by atoms with van der Waals surface area (Å²) in [6.45, 7) is 3.81. The summed E-state index contributed by atoms with van der Waals surface area (Å²) in [5.74, 6) is -0.881. The number of carboxylic acids is 1. The number of halogens is 1. The van der Waals surface area contributed by atoms with Gasteiger partial charge in [0, 0.05) is 11.4 Å². The lowest BCUT2D eigenvalue weighted by atomic mass is 10.0. The highest BCUT2D eigenvalue weighted by molar-refractivity contribution is 6.30. The molecule has 23 heavy (non-hydrogen) atoms. The Balaban J connectivity index is 1.92. The Kier molecular flexibility index (Phi) is 5.52. The SMILES string of the molecule is CC(C)CC(NC(=O)OC1(Cc2cccc(Cl)c2)CC1)C(=O)O. The van der Waals surface area contributed by atoms with Gasteiger partial charge in [-0.3, -0.25) is 0 Å². The van der Waals surface area contributed by atoms with Gasteiger partial charge in [0.2, 0.25) is 0 Å². The number of alkyl carbamates (subject to hydrolysis) is 1. The van der Waals surface area contributed by atoms with E-state index in [0.717, 1.165) is 18.4 Å². The number of rotatable bonds is 7. The van der Waals surface area contributed by atoms with Crippen LogP contribution in [0.25, 0.3) is 0 Å². The van der Waals surface area contributed by atoms with Crippen molar-refractivity contribution in [3.8, 4) is 0 Å². The quantitative estimate of drug-likeness (QED) is 0.795. The maximum absolute atomic E-state index is 12.0. The number of ether oxygens (including phenoxy) is 1. The van der Waals surface area contributed by atoms with E-state index in [1.54, 1.807) is 6.07 Å². The summed E-state index contributed by atoms with van der Waals surface area (Å²) in [6.07, 6.45) is 1.83. The Morgan fingerprint density at radius 3 is 2.61 bits per heavy atom. The van der Waals surface area contributed by atoms with Gasteiger partial charge in [0.1, 0.15) is 11.6 Å². The molecule has 0 bridgehead atoms. The van der Waals surface area contributed by atoms with Crippen LogP contribution in [0, 0.1) is 5.92 Å². The lowest BCUT2D eigenvalue weighted by molar-refractivity contribution is -0.139.